The molecule has 17 heavy (non-hydrogen) atoms. The van der Waals surface area contributed by atoms with Crippen LogP contribution in [-0.2, 0) is 6.54 Å². The highest BCUT2D eigenvalue weighted by Gasteiger charge is 2.15. The van der Waals surface area contributed by atoms with Gasteiger partial charge in [0.25, 0.3) is 0 Å². The van der Waals surface area contributed by atoms with E-state index in [1.807, 2.05) is 6.07 Å². The van der Waals surface area contributed by atoms with E-state index in [9.17, 15) is 0 Å². The molecule has 1 unspecified atom stereocenters. The summed E-state index contributed by atoms with van der Waals surface area (Å²) in [6.45, 7) is 6.16. The predicted octanol–water partition coefficient (Wildman–Crippen LogP) is 2.90. The number of nitrogens with zero attached hydrogens (tertiary/aromatic N) is 2. The predicted molar refractivity (Wildman–Crippen MR) is 72.1 cm³/mol. The topological polar surface area (TPSA) is 43.8 Å². The molecule has 3 nitrogen and oxygen atoms in total. The van der Waals surface area contributed by atoms with Crippen molar-refractivity contribution >= 4 is 11.0 Å². The zero-order valence-corrected chi connectivity index (χ0v) is 10.7. The lowest BCUT2D eigenvalue weighted by Crippen LogP contribution is -2.11. The van der Waals surface area contributed by atoms with Gasteiger partial charge in [0.2, 0.25) is 0 Å². The molecule has 0 saturated heterocycles. The Balaban J connectivity index is 2.49. The van der Waals surface area contributed by atoms with Crippen molar-refractivity contribution in [2.75, 3.05) is 6.54 Å². The summed E-state index contributed by atoms with van der Waals surface area (Å²) in [5.74, 6) is 1.61. The number of hydrogen-bond donors (Lipinski definition) is 1. The molecule has 0 bridgehead atoms. The molecule has 0 aliphatic heterocycles. The molecule has 0 saturated carbocycles. The van der Waals surface area contributed by atoms with E-state index in [0.717, 1.165) is 31.4 Å². The van der Waals surface area contributed by atoms with Gasteiger partial charge in [-0.2, -0.15) is 0 Å². The zero-order valence-electron chi connectivity index (χ0n) is 10.7. The van der Waals surface area contributed by atoms with Gasteiger partial charge in [-0.05, 0) is 31.5 Å². The second kappa shape index (κ2) is 5.32. The summed E-state index contributed by atoms with van der Waals surface area (Å²) in [7, 11) is 0. The molecule has 0 fully saturated rings. The highest BCUT2D eigenvalue weighted by molar-refractivity contribution is 5.76. The standard InChI is InChI=1S/C14H21N3/c1-3-10-17-13-7-5-4-6-12(13)16-14(17)11(2)8-9-15/h4-7,11H,3,8-10,15H2,1-2H3. The first-order chi connectivity index (χ1) is 8.27. The van der Waals surface area contributed by atoms with Crippen molar-refractivity contribution in [2.45, 2.75) is 39.2 Å². The fourth-order valence-electron chi connectivity index (χ4n) is 2.31. The van der Waals surface area contributed by atoms with Gasteiger partial charge in [0.15, 0.2) is 0 Å². The maximum absolute atomic E-state index is 5.65. The number of fused-ring (bicyclic) bond motifs is 1. The normalized spacial score (nSPS) is 13.1. The van der Waals surface area contributed by atoms with Crippen LogP contribution in [0.25, 0.3) is 11.0 Å². The van der Waals surface area contributed by atoms with Crippen LogP contribution in [0.1, 0.15) is 38.4 Å². The SMILES string of the molecule is CCCn1c(C(C)CCN)nc2ccccc21. The Hall–Kier alpha value is -1.35. The molecule has 1 aromatic carbocycles. The minimum absolute atomic E-state index is 0.430. The van der Waals surface area contributed by atoms with Gasteiger partial charge in [0.05, 0.1) is 11.0 Å². The first-order valence-corrected chi connectivity index (χ1v) is 6.43. The fourth-order valence-corrected chi connectivity index (χ4v) is 2.31. The molecule has 1 atom stereocenters. The summed E-state index contributed by atoms with van der Waals surface area (Å²) in [6, 6.07) is 8.35. The number of rotatable bonds is 5. The number of nitrogens with two attached hydrogens (primary N) is 1. The first-order valence-electron chi connectivity index (χ1n) is 6.43. The Morgan fingerprint density at radius 3 is 2.82 bits per heavy atom. The molecular formula is C14H21N3. The summed E-state index contributed by atoms with van der Waals surface area (Å²) >= 11 is 0. The van der Waals surface area contributed by atoms with Gasteiger partial charge < -0.3 is 10.3 Å². The van der Waals surface area contributed by atoms with Crippen LogP contribution in [-0.4, -0.2) is 16.1 Å². The number of para-hydroxylation sites is 2. The average Bonchev–Trinajstić information content (AvgIpc) is 2.70. The molecule has 2 rings (SSSR count). The van der Waals surface area contributed by atoms with Gasteiger partial charge in [-0.25, -0.2) is 4.98 Å². The van der Waals surface area contributed by atoms with E-state index in [2.05, 4.69) is 36.6 Å². The van der Waals surface area contributed by atoms with E-state index in [0.29, 0.717) is 5.92 Å². The number of hydrogen-bond acceptors (Lipinski definition) is 2. The monoisotopic (exact) mass is 231 g/mol. The lowest BCUT2D eigenvalue weighted by atomic mass is 10.1. The van der Waals surface area contributed by atoms with Crippen molar-refractivity contribution in [1.82, 2.24) is 9.55 Å². The average molecular weight is 231 g/mol. The van der Waals surface area contributed by atoms with Gasteiger partial charge in [-0.3, -0.25) is 0 Å². The van der Waals surface area contributed by atoms with Crippen molar-refractivity contribution in [1.29, 1.82) is 0 Å². The molecular weight excluding hydrogens is 210 g/mol. The smallest absolute Gasteiger partial charge is 0.112 e. The van der Waals surface area contributed by atoms with Crippen LogP contribution < -0.4 is 5.73 Å². The second-order valence-corrected chi connectivity index (χ2v) is 4.59. The second-order valence-electron chi connectivity index (χ2n) is 4.59. The molecule has 1 aromatic heterocycles. The summed E-state index contributed by atoms with van der Waals surface area (Å²) in [4.78, 5) is 4.76. The van der Waals surface area contributed by atoms with E-state index in [-0.39, 0.29) is 0 Å². The summed E-state index contributed by atoms with van der Waals surface area (Å²) in [6.07, 6.45) is 2.12. The van der Waals surface area contributed by atoms with Gasteiger partial charge in [0.1, 0.15) is 5.82 Å². The minimum atomic E-state index is 0.430. The number of imidazole rings is 1. The molecule has 1 heterocycles. The number of benzene rings is 1. The third-order valence-corrected chi connectivity index (χ3v) is 3.17. The summed E-state index contributed by atoms with van der Waals surface area (Å²) in [5, 5.41) is 0. The van der Waals surface area contributed by atoms with Crippen LogP contribution >= 0.6 is 0 Å². The first kappa shape index (κ1) is 12.1. The van der Waals surface area contributed by atoms with Crippen LogP contribution in [0.3, 0.4) is 0 Å². The summed E-state index contributed by atoms with van der Waals surface area (Å²) in [5.41, 5.74) is 7.99. The van der Waals surface area contributed by atoms with E-state index < -0.39 is 0 Å². The molecule has 92 valence electrons. The van der Waals surface area contributed by atoms with Gasteiger partial charge >= 0.3 is 0 Å². The zero-order chi connectivity index (χ0) is 12.3. The quantitative estimate of drug-likeness (QED) is 0.860. The van der Waals surface area contributed by atoms with Crippen LogP contribution in [0.5, 0.6) is 0 Å². The molecule has 0 aliphatic carbocycles. The third-order valence-electron chi connectivity index (χ3n) is 3.17. The molecule has 3 heteroatoms. The molecule has 2 N–H and O–H groups in total. The van der Waals surface area contributed by atoms with E-state index in [1.165, 1.54) is 11.3 Å². The van der Waals surface area contributed by atoms with Crippen LogP contribution in [0.2, 0.25) is 0 Å². The lowest BCUT2D eigenvalue weighted by Gasteiger charge is -2.13. The highest BCUT2D eigenvalue weighted by atomic mass is 15.1. The molecule has 0 amide bonds. The highest BCUT2D eigenvalue weighted by Crippen LogP contribution is 2.24. The van der Waals surface area contributed by atoms with Crippen LogP contribution in [0, 0.1) is 0 Å². The fraction of sp³-hybridized carbons (Fsp3) is 0.500. The van der Waals surface area contributed by atoms with Crippen molar-refractivity contribution < 1.29 is 0 Å². The van der Waals surface area contributed by atoms with E-state index in [4.69, 9.17) is 10.7 Å². The Bertz CT molecular complexity index is 487. The van der Waals surface area contributed by atoms with Crippen molar-refractivity contribution in [3.05, 3.63) is 30.1 Å². The molecule has 0 aliphatic rings. The van der Waals surface area contributed by atoms with E-state index in [1.54, 1.807) is 0 Å². The van der Waals surface area contributed by atoms with Gasteiger partial charge in [-0.1, -0.05) is 26.0 Å². The van der Waals surface area contributed by atoms with Crippen LogP contribution in [0.15, 0.2) is 24.3 Å². The molecule has 0 spiro atoms. The largest absolute Gasteiger partial charge is 0.330 e. The Morgan fingerprint density at radius 1 is 1.35 bits per heavy atom. The van der Waals surface area contributed by atoms with Crippen molar-refractivity contribution in [2.24, 2.45) is 5.73 Å². The minimum Gasteiger partial charge on any atom is -0.330 e. The maximum atomic E-state index is 5.65. The maximum Gasteiger partial charge on any atom is 0.112 e. The molecule has 2 aromatic rings. The number of aryl methyl sites for hydroxylation is 1. The van der Waals surface area contributed by atoms with Gasteiger partial charge in [-0.15, -0.1) is 0 Å². The third kappa shape index (κ3) is 2.34. The number of aromatic nitrogens is 2. The van der Waals surface area contributed by atoms with E-state index >= 15 is 0 Å². The molecule has 0 radical (unpaired) electrons. The Kier molecular flexibility index (Phi) is 3.79. The van der Waals surface area contributed by atoms with Crippen molar-refractivity contribution in [3.8, 4) is 0 Å². The van der Waals surface area contributed by atoms with Crippen molar-refractivity contribution in [3.63, 3.8) is 0 Å². The summed E-state index contributed by atoms with van der Waals surface area (Å²) < 4.78 is 2.34. The van der Waals surface area contributed by atoms with Gasteiger partial charge in [0, 0.05) is 12.5 Å². The Labute approximate surface area is 103 Å². The lowest BCUT2D eigenvalue weighted by molar-refractivity contribution is 0.578. The Morgan fingerprint density at radius 2 is 2.12 bits per heavy atom. The van der Waals surface area contributed by atoms with Crippen LogP contribution in [0.4, 0.5) is 0 Å².